The summed E-state index contributed by atoms with van der Waals surface area (Å²) in [5.74, 6) is -0.194. The number of imidazole rings is 1. The first-order chi connectivity index (χ1) is 9.15. The molecule has 0 bridgehead atoms. The standard InChI is InChI=1S/C14H13BrN2O2/c15-9-3-1-8(2-4-9)12-7-16-13(17-12)10-5-6-11(10)14(18)19/h1-4,7,10-11H,5-6H2,(H,16,17)(H,18,19)/t10-,11-/m0/s1. The summed E-state index contributed by atoms with van der Waals surface area (Å²) in [4.78, 5) is 18.6. The van der Waals surface area contributed by atoms with Gasteiger partial charge in [-0.05, 0) is 30.5 Å². The second kappa shape index (κ2) is 4.81. The molecule has 1 aromatic heterocycles. The van der Waals surface area contributed by atoms with Crippen molar-refractivity contribution in [1.29, 1.82) is 0 Å². The van der Waals surface area contributed by atoms with Crippen LogP contribution in [0.4, 0.5) is 0 Å². The van der Waals surface area contributed by atoms with Crippen molar-refractivity contribution in [3.05, 3.63) is 40.8 Å². The van der Waals surface area contributed by atoms with Gasteiger partial charge in [0.05, 0.1) is 17.8 Å². The van der Waals surface area contributed by atoms with E-state index in [1.165, 1.54) is 0 Å². The van der Waals surface area contributed by atoms with Crippen molar-refractivity contribution in [2.45, 2.75) is 18.8 Å². The fourth-order valence-electron chi connectivity index (χ4n) is 2.42. The Morgan fingerprint density at radius 3 is 2.63 bits per heavy atom. The Balaban J connectivity index is 1.84. The van der Waals surface area contributed by atoms with E-state index >= 15 is 0 Å². The number of carbonyl (C=O) groups is 1. The lowest BCUT2D eigenvalue weighted by Gasteiger charge is -2.31. The monoisotopic (exact) mass is 320 g/mol. The first kappa shape index (κ1) is 12.4. The minimum absolute atomic E-state index is 0.0294. The number of aromatic amines is 1. The van der Waals surface area contributed by atoms with Crippen LogP contribution >= 0.6 is 15.9 Å². The molecule has 98 valence electrons. The quantitative estimate of drug-likeness (QED) is 0.910. The summed E-state index contributed by atoms with van der Waals surface area (Å²) in [5.41, 5.74) is 1.98. The van der Waals surface area contributed by atoms with Crippen molar-refractivity contribution >= 4 is 21.9 Å². The van der Waals surface area contributed by atoms with Gasteiger partial charge in [0.2, 0.25) is 0 Å². The van der Waals surface area contributed by atoms with E-state index in [2.05, 4.69) is 25.9 Å². The maximum Gasteiger partial charge on any atom is 0.307 e. The minimum atomic E-state index is -0.724. The fourth-order valence-corrected chi connectivity index (χ4v) is 2.69. The molecule has 1 aliphatic carbocycles. The molecule has 0 unspecified atom stereocenters. The van der Waals surface area contributed by atoms with E-state index in [9.17, 15) is 4.79 Å². The number of aliphatic carboxylic acids is 1. The van der Waals surface area contributed by atoms with Gasteiger partial charge in [0.25, 0.3) is 0 Å². The number of rotatable bonds is 3. The summed E-state index contributed by atoms with van der Waals surface area (Å²) in [6.45, 7) is 0. The Kier molecular flexibility index (Phi) is 3.14. The second-order valence-corrected chi connectivity index (χ2v) is 5.73. The number of hydrogen-bond donors (Lipinski definition) is 2. The molecule has 1 aromatic carbocycles. The molecule has 2 atom stereocenters. The van der Waals surface area contributed by atoms with Crippen molar-refractivity contribution in [2.75, 3.05) is 0 Å². The zero-order valence-corrected chi connectivity index (χ0v) is 11.7. The molecule has 0 radical (unpaired) electrons. The predicted molar refractivity (Wildman–Crippen MR) is 74.8 cm³/mol. The SMILES string of the molecule is O=C(O)[C@H]1CC[C@@H]1c1ncc(-c2ccc(Br)cc2)[nH]1. The van der Waals surface area contributed by atoms with E-state index in [1.54, 1.807) is 6.20 Å². The van der Waals surface area contributed by atoms with Crippen LogP contribution in [0.1, 0.15) is 24.6 Å². The molecule has 0 spiro atoms. The molecule has 2 aromatic rings. The number of carboxylic acids is 1. The molecule has 1 fully saturated rings. The van der Waals surface area contributed by atoms with Crippen LogP contribution in [0.3, 0.4) is 0 Å². The van der Waals surface area contributed by atoms with Crippen LogP contribution in [0, 0.1) is 5.92 Å². The first-order valence-corrected chi connectivity index (χ1v) is 6.98. The molecule has 0 amide bonds. The number of H-pyrrole nitrogens is 1. The van der Waals surface area contributed by atoms with Crippen molar-refractivity contribution < 1.29 is 9.90 Å². The third-order valence-corrected chi connectivity index (χ3v) is 4.22. The summed E-state index contributed by atoms with van der Waals surface area (Å²) in [7, 11) is 0. The molecule has 0 aliphatic heterocycles. The number of nitrogens with zero attached hydrogens (tertiary/aromatic N) is 1. The van der Waals surface area contributed by atoms with Crippen LogP contribution in [0.2, 0.25) is 0 Å². The van der Waals surface area contributed by atoms with Crippen LogP contribution in [-0.2, 0) is 4.79 Å². The smallest absolute Gasteiger partial charge is 0.307 e. The molecule has 0 saturated heterocycles. The van der Waals surface area contributed by atoms with Gasteiger partial charge >= 0.3 is 5.97 Å². The molecule has 2 N–H and O–H groups in total. The van der Waals surface area contributed by atoms with Crippen molar-refractivity contribution in [3.8, 4) is 11.3 Å². The fraction of sp³-hybridized carbons (Fsp3) is 0.286. The predicted octanol–water partition coefficient (Wildman–Crippen LogP) is 3.42. The van der Waals surface area contributed by atoms with Crippen LogP contribution in [0.25, 0.3) is 11.3 Å². The van der Waals surface area contributed by atoms with Crippen LogP contribution in [0.5, 0.6) is 0 Å². The molecule has 19 heavy (non-hydrogen) atoms. The number of hydrogen-bond acceptors (Lipinski definition) is 2. The zero-order chi connectivity index (χ0) is 13.4. The maximum absolute atomic E-state index is 11.0. The van der Waals surface area contributed by atoms with Gasteiger partial charge in [-0.3, -0.25) is 4.79 Å². The lowest BCUT2D eigenvalue weighted by atomic mass is 9.73. The molecule has 4 nitrogen and oxygen atoms in total. The van der Waals surface area contributed by atoms with Gasteiger partial charge in [-0.15, -0.1) is 0 Å². The zero-order valence-electron chi connectivity index (χ0n) is 10.1. The highest BCUT2D eigenvalue weighted by atomic mass is 79.9. The summed E-state index contributed by atoms with van der Waals surface area (Å²) in [6.07, 6.45) is 3.41. The van der Waals surface area contributed by atoms with Gasteiger partial charge in [0.1, 0.15) is 5.82 Å². The third kappa shape index (κ3) is 2.30. The Bertz CT molecular complexity index is 606. The molecule has 1 saturated carbocycles. The first-order valence-electron chi connectivity index (χ1n) is 6.19. The molecular weight excluding hydrogens is 308 g/mol. The van der Waals surface area contributed by atoms with Gasteiger partial charge in [0.15, 0.2) is 0 Å². The summed E-state index contributed by atoms with van der Waals surface area (Å²) in [6, 6.07) is 7.94. The Hall–Kier alpha value is -1.62. The number of halogens is 1. The second-order valence-electron chi connectivity index (χ2n) is 4.82. The highest BCUT2D eigenvalue weighted by Gasteiger charge is 2.39. The normalized spacial score (nSPS) is 21.9. The van der Waals surface area contributed by atoms with Gasteiger partial charge in [-0.1, -0.05) is 28.1 Å². The highest BCUT2D eigenvalue weighted by molar-refractivity contribution is 9.10. The van der Waals surface area contributed by atoms with E-state index in [0.29, 0.717) is 0 Å². The minimum Gasteiger partial charge on any atom is -0.481 e. The van der Waals surface area contributed by atoms with E-state index in [1.807, 2.05) is 24.3 Å². The number of nitrogens with one attached hydrogen (secondary N) is 1. The van der Waals surface area contributed by atoms with E-state index < -0.39 is 5.97 Å². The van der Waals surface area contributed by atoms with E-state index in [0.717, 1.165) is 34.4 Å². The van der Waals surface area contributed by atoms with Gasteiger partial charge in [-0.2, -0.15) is 0 Å². The van der Waals surface area contributed by atoms with Crippen LogP contribution < -0.4 is 0 Å². The molecule has 1 heterocycles. The lowest BCUT2D eigenvalue weighted by Crippen LogP contribution is -2.31. The summed E-state index contributed by atoms with van der Waals surface area (Å²) >= 11 is 3.40. The molecular formula is C14H13BrN2O2. The van der Waals surface area contributed by atoms with Crippen molar-refractivity contribution in [1.82, 2.24) is 9.97 Å². The topological polar surface area (TPSA) is 66.0 Å². The average molecular weight is 321 g/mol. The molecule has 3 rings (SSSR count). The number of benzene rings is 1. The molecule has 1 aliphatic rings. The maximum atomic E-state index is 11.0. The van der Waals surface area contributed by atoms with Gasteiger partial charge < -0.3 is 10.1 Å². The van der Waals surface area contributed by atoms with E-state index in [-0.39, 0.29) is 11.8 Å². The number of carboxylic acid groups (broad SMARTS) is 1. The van der Waals surface area contributed by atoms with Crippen LogP contribution in [-0.4, -0.2) is 21.0 Å². The lowest BCUT2D eigenvalue weighted by molar-refractivity contribution is -0.145. The highest BCUT2D eigenvalue weighted by Crippen LogP contribution is 2.41. The van der Waals surface area contributed by atoms with Crippen LogP contribution in [0.15, 0.2) is 34.9 Å². The Morgan fingerprint density at radius 1 is 1.32 bits per heavy atom. The van der Waals surface area contributed by atoms with Crippen molar-refractivity contribution in [2.24, 2.45) is 5.92 Å². The summed E-state index contributed by atoms with van der Waals surface area (Å²) < 4.78 is 1.03. The summed E-state index contributed by atoms with van der Waals surface area (Å²) in [5, 5.41) is 9.07. The largest absolute Gasteiger partial charge is 0.481 e. The van der Waals surface area contributed by atoms with Gasteiger partial charge in [0, 0.05) is 10.4 Å². The van der Waals surface area contributed by atoms with E-state index in [4.69, 9.17) is 5.11 Å². The van der Waals surface area contributed by atoms with Crippen molar-refractivity contribution in [3.63, 3.8) is 0 Å². The Morgan fingerprint density at radius 2 is 2.05 bits per heavy atom. The third-order valence-electron chi connectivity index (χ3n) is 3.69. The van der Waals surface area contributed by atoms with Gasteiger partial charge in [-0.25, -0.2) is 4.98 Å². The molecule has 5 heteroatoms. The Labute approximate surface area is 119 Å². The average Bonchev–Trinajstić information content (AvgIpc) is 2.77. The number of aromatic nitrogens is 2.